The molecular weight excluding hydrogens is 260 g/mol. The number of rotatable bonds is 3. The Labute approximate surface area is 123 Å². The number of hydrogen-bond donors (Lipinski definition) is 2. The molecular formula is C17H16N4. The predicted molar refractivity (Wildman–Crippen MR) is 86.3 cm³/mol. The normalized spacial score (nSPS) is 10.3. The lowest BCUT2D eigenvalue weighted by Gasteiger charge is -2.12. The van der Waals surface area contributed by atoms with Gasteiger partial charge in [0.15, 0.2) is 0 Å². The van der Waals surface area contributed by atoms with Crippen LogP contribution in [0.1, 0.15) is 5.82 Å². The van der Waals surface area contributed by atoms with E-state index in [4.69, 9.17) is 5.73 Å². The number of anilines is 3. The summed E-state index contributed by atoms with van der Waals surface area (Å²) in [6, 6.07) is 20.1. The lowest BCUT2D eigenvalue weighted by molar-refractivity contribution is 1.06. The molecule has 0 aliphatic carbocycles. The maximum Gasteiger partial charge on any atom is 0.136 e. The molecule has 3 aromatic rings. The Bertz CT molecular complexity index is 733. The van der Waals surface area contributed by atoms with Crippen molar-refractivity contribution in [3.05, 3.63) is 66.5 Å². The van der Waals surface area contributed by atoms with Crippen molar-refractivity contribution in [2.45, 2.75) is 6.92 Å². The summed E-state index contributed by atoms with van der Waals surface area (Å²) in [6.45, 7) is 1.82. The van der Waals surface area contributed by atoms with Gasteiger partial charge in [-0.3, -0.25) is 0 Å². The molecule has 0 saturated carbocycles. The maximum atomic E-state index is 5.77. The van der Waals surface area contributed by atoms with Gasteiger partial charge in [0.05, 0.1) is 0 Å². The van der Waals surface area contributed by atoms with Crippen molar-refractivity contribution < 1.29 is 0 Å². The van der Waals surface area contributed by atoms with Crippen molar-refractivity contribution in [2.24, 2.45) is 0 Å². The third-order valence-corrected chi connectivity index (χ3v) is 3.13. The minimum Gasteiger partial charge on any atom is -0.384 e. The van der Waals surface area contributed by atoms with Gasteiger partial charge in [0, 0.05) is 17.3 Å². The van der Waals surface area contributed by atoms with Crippen molar-refractivity contribution in [1.82, 2.24) is 9.97 Å². The molecule has 0 radical (unpaired) electrons. The quantitative estimate of drug-likeness (QED) is 0.764. The molecule has 104 valence electrons. The minimum atomic E-state index is 0.460. The minimum absolute atomic E-state index is 0.460. The molecule has 0 amide bonds. The van der Waals surface area contributed by atoms with Gasteiger partial charge in [-0.1, -0.05) is 48.5 Å². The smallest absolute Gasteiger partial charge is 0.136 e. The molecule has 0 unspecified atom stereocenters. The Morgan fingerprint density at radius 3 is 2.38 bits per heavy atom. The van der Waals surface area contributed by atoms with Crippen molar-refractivity contribution in [3.63, 3.8) is 0 Å². The molecule has 0 bridgehead atoms. The van der Waals surface area contributed by atoms with Crippen LogP contribution in [-0.4, -0.2) is 9.97 Å². The zero-order chi connectivity index (χ0) is 14.7. The van der Waals surface area contributed by atoms with E-state index in [9.17, 15) is 0 Å². The van der Waals surface area contributed by atoms with E-state index < -0.39 is 0 Å². The first-order valence-corrected chi connectivity index (χ1v) is 6.75. The largest absolute Gasteiger partial charge is 0.384 e. The fraction of sp³-hybridized carbons (Fsp3) is 0.0588. The van der Waals surface area contributed by atoms with Gasteiger partial charge < -0.3 is 11.1 Å². The van der Waals surface area contributed by atoms with Crippen molar-refractivity contribution in [1.29, 1.82) is 0 Å². The van der Waals surface area contributed by atoms with Crippen molar-refractivity contribution >= 4 is 17.3 Å². The molecule has 0 saturated heterocycles. The highest BCUT2D eigenvalue weighted by Gasteiger charge is 2.06. The first-order valence-electron chi connectivity index (χ1n) is 6.75. The second kappa shape index (κ2) is 5.63. The van der Waals surface area contributed by atoms with E-state index >= 15 is 0 Å². The Balaban J connectivity index is 2.00. The Morgan fingerprint density at radius 1 is 0.905 bits per heavy atom. The van der Waals surface area contributed by atoms with Crippen LogP contribution in [0.4, 0.5) is 17.3 Å². The van der Waals surface area contributed by atoms with Gasteiger partial charge in [0.2, 0.25) is 0 Å². The molecule has 21 heavy (non-hydrogen) atoms. The second-order valence-electron chi connectivity index (χ2n) is 4.76. The summed E-state index contributed by atoms with van der Waals surface area (Å²) in [5, 5.41) is 3.32. The van der Waals surface area contributed by atoms with Crippen LogP contribution in [0.25, 0.3) is 11.1 Å². The van der Waals surface area contributed by atoms with Gasteiger partial charge >= 0.3 is 0 Å². The molecule has 2 aromatic carbocycles. The fourth-order valence-electron chi connectivity index (χ4n) is 2.25. The van der Waals surface area contributed by atoms with Gasteiger partial charge in [-0.15, -0.1) is 0 Å². The molecule has 0 fully saturated rings. The molecule has 3 rings (SSSR count). The number of nitrogen functional groups attached to an aromatic ring is 1. The van der Waals surface area contributed by atoms with Crippen LogP contribution in [0.3, 0.4) is 0 Å². The highest BCUT2D eigenvalue weighted by Crippen LogP contribution is 2.29. The van der Waals surface area contributed by atoms with Crippen LogP contribution in [0.15, 0.2) is 60.7 Å². The number of nitrogens with one attached hydrogen (secondary N) is 1. The van der Waals surface area contributed by atoms with E-state index in [0.29, 0.717) is 17.5 Å². The molecule has 1 heterocycles. The zero-order valence-electron chi connectivity index (χ0n) is 11.7. The highest BCUT2D eigenvalue weighted by atomic mass is 15.0. The van der Waals surface area contributed by atoms with Crippen LogP contribution < -0.4 is 11.1 Å². The summed E-state index contributed by atoms with van der Waals surface area (Å²) >= 11 is 0. The maximum absolute atomic E-state index is 5.77. The van der Waals surface area contributed by atoms with Crippen LogP contribution in [0.2, 0.25) is 0 Å². The topological polar surface area (TPSA) is 63.8 Å². The summed E-state index contributed by atoms with van der Waals surface area (Å²) in [5.41, 5.74) is 9.03. The molecule has 1 aromatic heterocycles. The highest BCUT2D eigenvalue weighted by molar-refractivity contribution is 5.80. The third-order valence-electron chi connectivity index (χ3n) is 3.13. The summed E-state index contributed by atoms with van der Waals surface area (Å²) in [4.78, 5) is 8.45. The Hall–Kier alpha value is -2.88. The Morgan fingerprint density at radius 2 is 1.62 bits per heavy atom. The molecule has 0 aliphatic rings. The number of nitrogens with zero attached hydrogens (tertiary/aromatic N) is 2. The van der Waals surface area contributed by atoms with Crippen LogP contribution in [0.5, 0.6) is 0 Å². The van der Waals surface area contributed by atoms with Gasteiger partial charge in [0.25, 0.3) is 0 Å². The van der Waals surface area contributed by atoms with Gasteiger partial charge in [0.1, 0.15) is 17.5 Å². The SMILES string of the molecule is Cc1nc(N)cc(Nc2ccccc2-c2ccccc2)n1. The number of aryl methyl sites for hydroxylation is 1. The average molecular weight is 276 g/mol. The molecule has 4 nitrogen and oxygen atoms in total. The summed E-state index contributed by atoms with van der Waals surface area (Å²) in [6.07, 6.45) is 0. The van der Waals surface area contributed by atoms with E-state index in [2.05, 4.69) is 33.5 Å². The number of hydrogen-bond acceptors (Lipinski definition) is 4. The van der Waals surface area contributed by atoms with E-state index in [-0.39, 0.29) is 0 Å². The molecule has 3 N–H and O–H groups in total. The summed E-state index contributed by atoms with van der Waals surface area (Å²) < 4.78 is 0. The number of para-hydroxylation sites is 1. The van der Waals surface area contributed by atoms with Gasteiger partial charge in [-0.2, -0.15) is 0 Å². The first-order chi connectivity index (χ1) is 10.2. The average Bonchev–Trinajstić information content (AvgIpc) is 2.48. The molecule has 0 spiro atoms. The first kappa shape index (κ1) is 13.1. The second-order valence-corrected chi connectivity index (χ2v) is 4.76. The van der Waals surface area contributed by atoms with Crippen LogP contribution >= 0.6 is 0 Å². The number of benzene rings is 2. The van der Waals surface area contributed by atoms with E-state index in [1.165, 1.54) is 0 Å². The number of aromatic nitrogens is 2. The van der Waals surface area contributed by atoms with E-state index in [1.807, 2.05) is 43.3 Å². The van der Waals surface area contributed by atoms with E-state index in [0.717, 1.165) is 16.8 Å². The van der Waals surface area contributed by atoms with E-state index in [1.54, 1.807) is 6.07 Å². The Kier molecular flexibility index (Phi) is 3.51. The fourth-order valence-corrected chi connectivity index (χ4v) is 2.25. The van der Waals surface area contributed by atoms with Crippen molar-refractivity contribution in [2.75, 3.05) is 11.1 Å². The zero-order valence-corrected chi connectivity index (χ0v) is 11.7. The predicted octanol–water partition coefficient (Wildman–Crippen LogP) is 3.78. The lowest BCUT2D eigenvalue weighted by atomic mass is 10.0. The van der Waals surface area contributed by atoms with Gasteiger partial charge in [-0.25, -0.2) is 9.97 Å². The van der Waals surface area contributed by atoms with Crippen molar-refractivity contribution in [3.8, 4) is 11.1 Å². The van der Waals surface area contributed by atoms with Crippen LogP contribution in [-0.2, 0) is 0 Å². The third kappa shape index (κ3) is 3.00. The summed E-state index contributed by atoms with van der Waals surface area (Å²) in [5.74, 6) is 1.81. The standard InChI is InChI=1S/C17H16N4/c1-12-19-16(18)11-17(20-12)21-15-10-6-5-9-14(15)13-7-3-2-4-8-13/h2-11H,1H3,(H3,18,19,20,21). The molecule has 0 atom stereocenters. The van der Waals surface area contributed by atoms with Gasteiger partial charge in [-0.05, 0) is 18.6 Å². The molecule has 4 heteroatoms. The number of nitrogens with two attached hydrogens (primary N) is 1. The summed E-state index contributed by atoms with van der Waals surface area (Å²) in [7, 11) is 0. The molecule has 0 aliphatic heterocycles. The monoisotopic (exact) mass is 276 g/mol. The lowest BCUT2D eigenvalue weighted by Crippen LogP contribution is -2.01. The van der Waals surface area contributed by atoms with Crippen LogP contribution in [0, 0.1) is 6.92 Å².